The van der Waals surface area contributed by atoms with Crippen LogP contribution in [0, 0.1) is 0 Å². The van der Waals surface area contributed by atoms with E-state index in [0.29, 0.717) is 0 Å². The van der Waals surface area contributed by atoms with E-state index in [2.05, 4.69) is 16.6 Å². The summed E-state index contributed by atoms with van der Waals surface area (Å²) in [7, 11) is 3.24. The Bertz CT molecular complexity index is 240. The van der Waals surface area contributed by atoms with Crippen LogP contribution < -0.4 is 5.32 Å². The number of carbonyl (C=O) groups excluding carboxylic acids is 1. The third-order valence-corrected chi connectivity index (χ3v) is 1.68. The van der Waals surface area contributed by atoms with Gasteiger partial charge in [-0.25, -0.2) is 4.79 Å². The fraction of sp³-hybridized carbons (Fsp3) is 0.556. The first kappa shape index (κ1) is 13.4. The molecule has 1 amide bonds. The molecule has 0 aromatic carbocycles. The Morgan fingerprint density at radius 2 is 2.20 bits per heavy atom. The second-order valence-electron chi connectivity index (χ2n) is 3.09. The zero-order valence-electron chi connectivity index (χ0n) is 8.90. The Kier molecular flexibility index (Phi) is 6.12. The topological polar surface area (TPSA) is 78.9 Å². The van der Waals surface area contributed by atoms with Gasteiger partial charge < -0.3 is 15.2 Å². The maximum Gasteiger partial charge on any atom is 0.407 e. The van der Waals surface area contributed by atoms with E-state index in [0.717, 1.165) is 0 Å². The van der Waals surface area contributed by atoms with Gasteiger partial charge in [-0.2, -0.15) is 0 Å². The van der Waals surface area contributed by atoms with Gasteiger partial charge in [-0.3, -0.25) is 9.69 Å². The molecule has 0 spiro atoms. The van der Waals surface area contributed by atoms with Crippen LogP contribution in [-0.2, 0) is 9.53 Å². The Balaban J connectivity index is 3.94. The van der Waals surface area contributed by atoms with Crippen LogP contribution in [0.4, 0.5) is 4.79 Å². The largest absolute Gasteiger partial charge is 0.480 e. The van der Waals surface area contributed by atoms with Crippen LogP contribution >= 0.6 is 0 Å². The summed E-state index contributed by atoms with van der Waals surface area (Å²) in [6.07, 6.45) is 0.781. The normalized spacial score (nSPS) is 11.9. The third-order valence-electron chi connectivity index (χ3n) is 1.68. The summed E-state index contributed by atoms with van der Waals surface area (Å²) in [5.41, 5.74) is 0. The molecule has 0 bridgehead atoms. The number of ether oxygens (including phenoxy) is 1. The predicted octanol–water partition coefficient (Wildman–Crippen LogP) is -0.0866. The first-order valence-electron chi connectivity index (χ1n) is 4.39. The van der Waals surface area contributed by atoms with E-state index in [9.17, 15) is 9.59 Å². The molecule has 86 valence electrons. The molecule has 0 saturated heterocycles. The van der Waals surface area contributed by atoms with Crippen molar-refractivity contribution in [3.05, 3.63) is 12.7 Å². The molecule has 0 aromatic heterocycles. The van der Waals surface area contributed by atoms with Gasteiger partial charge >= 0.3 is 12.1 Å². The maximum absolute atomic E-state index is 11.0. The zero-order chi connectivity index (χ0) is 11.8. The molecule has 0 saturated carbocycles. The molecule has 1 atom stereocenters. The average Bonchev–Trinajstić information content (AvgIpc) is 2.13. The minimum absolute atomic E-state index is 0.00168. The van der Waals surface area contributed by atoms with Crippen molar-refractivity contribution >= 4 is 12.1 Å². The predicted molar refractivity (Wildman–Crippen MR) is 54.7 cm³/mol. The number of rotatable bonds is 6. The van der Waals surface area contributed by atoms with E-state index >= 15 is 0 Å². The summed E-state index contributed by atoms with van der Waals surface area (Å²) in [4.78, 5) is 23.2. The molecule has 6 nitrogen and oxygen atoms in total. The van der Waals surface area contributed by atoms with Crippen LogP contribution in [0.2, 0.25) is 0 Å². The molecule has 0 aromatic rings. The average molecular weight is 216 g/mol. The lowest BCUT2D eigenvalue weighted by atomic mass is 10.3. The van der Waals surface area contributed by atoms with Crippen molar-refractivity contribution in [1.82, 2.24) is 10.2 Å². The summed E-state index contributed by atoms with van der Waals surface area (Å²) < 4.78 is 4.62. The summed E-state index contributed by atoms with van der Waals surface area (Å²) in [6.45, 7) is 3.48. The second kappa shape index (κ2) is 6.83. The first-order chi connectivity index (χ1) is 6.99. The molecule has 0 aliphatic heterocycles. The SMILES string of the molecule is C=CCOC(=O)NCC(C(=O)O)N(C)C. The monoisotopic (exact) mass is 216 g/mol. The third kappa shape index (κ3) is 5.69. The van der Waals surface area contributed by atoms with Crippen LogP contribution in [0.5, 0.6) is 0 Å². The van der Waals surface area contributed by atoms with E-state index < -0.39 is 18.1 Å². The van der Waals surface area contributed by atoms with Crippen LogP contribution in [0.25, 0.3) is 0 Å². The minimum Gasteiger partial charge on any atom is -0.480 e. The number of nitrogens with zero attached hydrogens (tertiary/aromatic N) is 1. The second-order valence-corrected chi connectivity index (χ2v) is 3.09. The number of carbonyl (C=O) groups is 2. The number of likely N-dealkylation sites (N-methyl/N-ethyl adjacent to an activating group) is 1. The molecule has 2 N–H and O–H groups in total. The maximum atomic E-state index is 11.0. The van der Waals surface area contributed by atoms with Crippen molar-refractivity contribution in [3.8, 4) is 0 Å². The lowest BCUT2D eigenvalue weighted by Gasteiger charge is -2.19. The van der Waals surface area contributed by atoms with Crippen molar-refractivity contribution in [1.29, 1.82) is 0 Å². The summed E-state index contributed by atoms with van der Waals surface area (Å²) >= 11 is 0. The highest BCUT2D eigenvalue weighted by atomic mass is 16.5. The summed E-state index contributed by atoms with van der Waals surface area (Å²) in [6, 6.07) is -0.763. The van der Waals surface area contributed by atoms with E-state index in [4.69, 9.17) is 5.11 Å². The molecular weight excluding hydrogens is 200 g/mol. The van der Waals surface area contributed by atoms with Crippen LogP contribution in [0.15, 0.2) is 12.7 Å². The Labute approximate surface area is 88.5 Å². The standard InChI is InChI=1S/C9H16N2O4/c1-4-5-15-9(14)10-6-7(8(12)13)11(2)3/h4,7H,1,5-6H2,2-3H3,(H,10,14)(H,12,13). The van der Waals surface area contributed by atoms with E-state index in [1.807, 2.05) is 0 Å². The smallest absolute Gasteiger partial charge is 0.407 e. The van der Waals surface area contributed by atoms with Gasteiger partial charge in [0.05, 0.1) is 0 Å². The summed E-state index contributed by atoms with van der Waals surface area (Å²) in [5, 5.41) is 11.1. The Morgan fingerprint density at radius 3 is 2.60 bits per heavy atom. The molecule has 1 unspecified atom stereocenters. The molecule has 0 fully saturated rings. The number of alkyl carbamates (subject to hydrolysis) is 1. The van der Waals surface area contributed by atoms with Gasteiger partial charge in [0, 0.05) is 6.54 Å². The molecule has 0 aliphatic carbocycles. The van der Waals surface area contributed by atoms with Crippen molar-refractivity contribution in [2.24, 2.45) is 0 Å². The molecule has 0 heterocycles. The number of carboxylic acids is 1. The van der Waals surface area contributed by atoms with E-state index in [-0.39, 0.29) is 13.2 Å². The first-order valence-corrected chi connectivity index (χ1v) is 4.39. The Morgan fingerprint density at radius 1 is 1.60 bits per heavy atom. The molecular formula is C9H16N2O4. The highest BCUT2D eigenvalue weighted by Gasteiger charge is 2.20. The zero-order valence-corrected chi connectivity index (χ0v) is 8.90. The van der Waals surface area contributed by atoms with Gasteiger partial charge in [-0.15, -0.1) is 0 Å². The van der Waals surface area contributed by atoms with Crippen molar-refractivity contribution in [3.63, 3.8) is 0 Å². The van der Waals surface area contributed by atoms with Gasteiger partial charge in [-0.05, 0) is 14.1 Å². The molecule has 6 heteroatoms. The van der Waals surface area contributed by atoms with Gasteiger partial charge in [0.1, 0.15) is 12.6 Å². The fourth-order valence-electron chi connectivity index (χ4n) is 0.856. The van der Waals surface area contributed by atoms with Crippen molar-refractivity contribution in [2.75, 3.05) is 27.2 Å². The summed E-state index contributed by atoms with van der Waals surface area (Å²) in [5.74, 6) is -0.996. The molecule has 0 aliphatic rings. The molecule has 15 heavy (non-hydrogen) atoms. The molecule has 0 rings (SSSR count). The van der Waals surface area contributed by atoms with E-state index in [1.54, 1.807) is 14.1 Å². The van der Waals surface area contributed by atoms with Crippen LogP contribution in [0.3, 0.4) is 0 Å². The molecule has 0 radical (unpaired) electrons. The van der Waals surface area contributed by atoms with Crippen LogP contribution in [0.1, 0.15) is 0 Å². The van der Waals surface area contributed by atoms with Crippen molar-refractivity contribution in [2.45, 2.75) is 6.04 Å². The number of carboxylic acid groups (broad SMARTS) is 1. The number of nitrogens with one attached hydrogen (secondary N) is 1. The fourth-order valence-corrected chi connectivity index (χ4v) is 0.856. The van der Waals surface area contributed by atoms with E-state index in [1.165, 1.54) is 11.0 Å². The van der Waals surface area contributed by atoms with Gasteiger partial charge in [0.25, 0.3) is 0 Å². The minimum atomic E-state index is -0.996. The highest BCUT2D eigenvalue weighted by molar-refractivity contribution is 5.75. The van der Waals surface area contributed by atoms with Gasteiger partial charge in [0.2, 0.25) is 0 Å². The van der Waals surface area contributed by atoms with Crippen LogP contribution in [-0.4, -0.2) is 55.4 Å². The van der Waals surface area contributed by atoms with Gasteiger partial charge in [-0.1, -0.05) is 12.7 Å². The number of hydrogen-bond acceptors (Lipinski definition) is 4. The number of amides is 1. The number of hydrogen-bond donors (Lipinski definition) is 2. The Hall–Kier alpha value is -1.56. The van der Waals surface area contributed by atoms with Crippen molar-refractivity contribution < 1.29 is 19.4 Å². The lowest BCUT2D eigenvalue weighted by molar-refractivity contribution is -0.142. The number of aliphatic carboxylic acids is 1. The lowest BCUT2D eigenvalue weighted by Crippen LogP contribution is -2.45. The highest BCUT2D eigenvalue weighted by Crippen LogP contribution is 1.92. The van der Waals surface area contributed by atoms with Gasteiger partial charge in [0.15, 0.2) is 0 Å². The quantitative estimate of drug-likeness (QED) is 0.607.